The topological polar surface area (TPSA) is 38.0 Å². The summed E-state index contributed by atoms with van der Waals surface area (Å²) in [4.78, 5) is 0. The van der Waals surface area contributed by atoms with E-state index in [2.05, 4.69) is 33.0 Å². The van der Waals surface area contributed by atoms with Gasteiger partial charge in [0, 0.05) is 6.54 Å². The summed E-state index contributed by atoms with van der Waals surface area (Å²) in [5, 5.41) is 3.43. The maximum Gasteiger partial charge on any atom is 0.000497 e. The van der Waals surface area contributed by atoms with Crippen LogP contribution in [0, 0.1) is 11.3 Å². The summed E-state index contributed by atoms with van der Waals surface area (Å²) < 4.78 is 0. The van der Waals surface area contributed by atoms with Crippen LogP contribution in [0.1, 0.15) is 34.1 Å². The highest BCUT2D eigenvalue weighted by atomic mass is 14.9. The quantitative estimate of drug-likeness (QED) is 0.597. The summed E-state index contributed by atoms with van der Waals surface area (Å²) in [5.74, 6) is 0.725. The SMILES string of the molecule is CC(C)C(C)(C)CNCCCN. The third-order valence-electron chi connectivity index (χ3n) is 2.70. The summed E-state index contributed by atoms with van der Waals surface area (Å²) in [6.45, 7) is 12.1. The van der Waals surface area contributed by atoms with Crippen LogP contribution in [0.25, 0.3) is 0 Å². The van der Waals surface area contributed by atoms with Crippen LogP contribution in [0.2, 0.25) is 0 Å². The van der Waals surface area contributed by atoms with Crippen molar-refractivity contribution in [2.45, 2.75) is 34.1 Å². The second-order valence-electron chi connectivity index (χ2n) is 4.46. The van der Waals surface area contributed by atoms with Crippen molar-refractivity contribution in [2.24, 2.45) is 17.1 Å². The summed E-state index contributed by atoms with van der Waals surface area (Å²) >= 11 is 0. The second kappa shape index (κ2) is 5.55. The van der Waals surface area contributed by atoms with Crippen molar-refractivity contribution >= 4 is 0 Å². The molecule has 0 bridgehead atoms. The van der Waals surface area contributed by atoms with E-state index in [4.69, 9.17) is 5.73 Å². The van der Waals surface area contributed by atoms with Gasteiger partial charge in [-0.2, -0.15) is 0 Å². The minimum absolute atomic E-state index is 0.397. The van der Waals surface area contributed by atoms with E-state index in [-0.39, 0.29) is 0 Å². The van der Waals surface area contributed by atoms with Crippen LogP contribution in [0.5, 0.6) is 0 Å². The Hall–Kier alpha value is -0.0800. The van der Waals surface area contributed by atoms with Gasteiger partial charge in [-0.1, -0.05) is 27.7 Å². The number of nitrogens with two attached hydrogens (primary N) is 1. The molecule has 0 fully saturated rings. The van der Waals surface area contributed by atoms with Gasteiger partial charge in [0.05, 0.1) is 0 Å². The first-order chi connectivity index (χ1) is 5.50. The van der Waals surface area contributed by atoms with Gasteiger partial charge in [-0.15, -0.1) is 0 Å². The summed E-state index contributed by atoms with van der Waals surface area (Å²) in [6, 6.07) is 0. The number of nitrogens with one attached hydrogen (secondary N) is 1. The van der Waals surface area contributed by atoms with E-state index in [1.807, 2.05) is 0 Å². The summed E-state index contributed by atoms with van der Waals surface area (Å²) in [6.07, 6.45) is 1.08. The number of hydrogen-bond donors (Lipinski definition) is 2. The molecular weight excluding hydrogens is 148 g/mol. The lowest BCUT2D eigenvalue weighted by Gasteiger charge is -2.29. The predicted octanol–water partition coefficient (Wildman–Crippen LogP) is 1.61. The van der Waals surface area contributed by atoms with E-state index < -0.39 is 0 Å². The van der Waals surface area contributed by atoms with Gasteiger partial charge < -0.3 is 11.1 Å². The summed E-state index contributed by atoms with van der Waals surface area (Å²) in [5.41, 5.74) is 5.80. The van der Waals surface area contributed by atoms with Crippen LogP contribution in [0.4, 0.5) is 0 Å². The molecule has 0 aromatic rings. The fraction of sp³-hybridized carbons (Fsp3) is 1.00. The van der Waals surface area contributed by atoms with Gasteiger partial charge in [0.25, 0.3) is 0 Å². The molecule has 0 saturated carbocycles. The van der Waals surface area contributed by atoms with Crippen LogP contribution >= 0.6 is 0 Å². The maximum absolute atomic E-state index is 5.40. The Kier molecular flexibility index (Phi) is 5.51. The Balaban J connectivity index is 3.47. The highest BCUT2D eigenvalue weighted by molar-refractivity contribution is 4.74. The molecule has 74 valence electrons. The zero-order valence-electron chi connectivity index (χ0n) is 8.98. The first-order valence-electron chi connectivity index (χ1n) is 4.91. The minimum atomic E-state index is 0.397. The van der Waals surface area contributed by atoms with Crippen molar-refractivity contribution in [1.29, 1.82) is 0 Å². The van der Waals surface area contributed by atoms with Crippen LogP contribution in [-0.2, 0) is 0 Å². The Morgan fingerprint density at radius 1 is 1.33 bits per heavy atom. The predicted molar refractivity (Wildman–Crippen MR) is 55.2 cm³/mol. The smallest absolute Gasteiger partial charge is 0.000497 e. The lowest BCUT2D eigenvalue weighted by molar-refractivity contribution is 0.238. The molecule has 0 aliphatic rings. The third kappa shape index (κ3) is 4.73. The normalized spacial score (nSPS) is 12.5. The largest absolute Gasteiger partial charge is 0.330 e. The molecule has 3 N–H and O–H groups in total. The van der Waals surface area contributed by atoms with Crippen molar-refractivity contribution < 1.29 is 0 Å². The molecule has 0 spiro atoms. The van der Waals surface area contributed by atoms with Gasteiger partial charge in [0.2, 0.25) is 0 Å². The van der Waals surface area contributed by atoms with Crippen molar-refractivity contribution in [3.05, 3.63) is 0 Å². The average Bonchev–Trinajstić information content (AvgIpc) is 1.98. The Morgan fingerprint density at radius 2 is 1.92 bits per heavy atom. The first kappa shape index (κ1) is 11.9. The molecule has 0 aromatic carbocycles. The molecule has 0 aromatic heterocycles. The van der Waals surface area contributed by atoms with Gasteiger partial charge >= 0.3 is 0 Å². The van der Waals surface area contributed by atoms with E-state index in [1.165, 1.54) is 0 Å². The van der Waals surface area contributed by atoms with Crippen LogP contribution in [-0.4, -0.2) is 19.6 Å². The number of hydrogen-bond acceptors (Lipinski definition) is 2. The molecule has 0 amide bonds. The second-order valence-corrected chi connectivity index (χ2v) is 4.46. The van der Waals surface area contributed by atoms with Gasteiger partial charge in [0.15, 0.2) is 0 Å². The molecular formula is C10H24N2. The molecule has 0 atom stereocenters. The molecule has 12 heavy (non-hydrogen) atoms. The highest BCUT2D eigenvalue weighted by Gasteiger charge is 2.20. The van der Waals surface area contributed by atoms with Gasteiger partial charge in [-0.25, -0.2) is 0 Å². The monoisotopic (exact) mass is 172 g/mol. The van der Waals surface area contributed by atoms with Crippen molar-refractivity contribution in [3.63, 3.8) is 0 Å². The highest BCUT2D eigenvalue weighted by Crippen LogP contribution is 2.24. The van der Waals surface area contributed by atoms with Crippen molar-refractivity contribution in [2.75, 3.05) is 19.6 Å². The van der Waals surface area contributed by atoms with Crippen molar-refractivity contribution in [3.8, 4) is 0 Å². The van der Waals surface area contributed by atoms with E-state index in [0.29, 0.717) is 5.41 Å². The Morgan fingerprint density at radius 3 is 2.33 bits per heavy atom. The van der Waals surface area contributed by atoms with Gasteiger partial charge in [-0.3, -0.25) is 0 Å². The molecule has 0 rings (SSSR count). The first-order valence-corrected chi connectivity index (χ1v) is 4.91. The molecule has 2 nitrogen and oxygen atoms in total. The maximum atomic E-state index is 5.40. The fourth-order valence-corrected chi connectivity index (χ4v) is 0.842. The van der Waals surface area contributed by atoms with Crippen LogP contribution in [0.15, 0.2) is 0 Å². The van der Waals surface area contributed by atoms with Crippen LogP contribution < -0.4 is 11.1 Å². The lowest BCUT2D eigenvalue weighted by Crippen LogP contribution is -2.34. The minimum Gasteiger partial charge on any atom is -0.330 e. The average molecular weight is 172 g/mol. The van der Waals surface area contributed by atoms with Gasteiger partial charge in [-0.05, 0) is 30.8 Å². The Labute approximate surface area is 76.9 Å². The molecule has 0 aliphatic heterocycles. The van der Waals surface area contributed by atoms with E-state index in [1.54, 1.807) is 0 Å². The molecule has 0 saturated heterocycles. The van der Waals surface area contributed by atoms with Crippen molar-refractivity contribution in [1.82, 2.24) is 5.32 Å². The van der Waals surface area contributed by atoms with E-state index >= 15 is 0 Å². The van der Waals surface area contributed by atoms with E-state index in [9.17, 15) is 0 Å². The Bertz CT molecular complexity index is 108. The molecule has 0 aliphatic carbocycles. The molecule has 0 unspecified atom stereocenters. The molecule has 2 heteroatoms. The zero-order valence-corrected chi connectivity index (χ0v) is 8.98. The third-order valence-corrected chi connectivity index (χ3v) is 2.70. The van der Waals surface area contributed by atoms with Gasteiger partial charge in [0.1, 0.15) is 0 Å². The zero-order chi connectivity index (χ0) is 9.61. The summed E-state index contributed by atoms with van der Waals surface area (Å²) in [7, 11) is 0. The van der Waals surface area contributed by atoms with E-state index in [0.717, 1.165) is 32.0 Å². The molecule has 0 radical (unpaired) electrons. The van der Waals surface area contributed by atoms with Crippen LogP contribution in [0.3, 0.4) is 0 Å². The number of rotatable bonds is 6. The standard InChI is InChI=1S/C10H24N2/c1-9(2)10(3,4)8-12-7-5-6-11/h9,12H,5-8,11H2,1-4H3. The fourth-order valence-electron chi connectivity index (χ4n) is 0.842. The molecule has 0 heterocycles. The lowest BCUT2D eigenvalue weighted by atomic mass is 9.81.